The van der Waals surface area contributed by atoms with Crippen LogP contribution in [0.2, 0.25) is 0 Å². The molecule has 0 unspecified atom stereocenters. The lowest BCUT2D eigenvalue weighted by molar-refractivity contribution is -0.113. The first-order valence-electron chi connectivity index (χ1n) is 10.7. The molecule has 1 amide bonds. The second-order valence-corrected chi connectivity index (χ2v) is 10.7. The third kappa shape index (κ3) is 4.63. The van der Waals surface area contributed by atoms with Crippen LogP contribution in [0.3, 0.4) is 0 Å². The van der Waals surface area contributed by atoms with Gasteiger partial charge in [0.25, 0.3) is 11.5 Å². The van der Waals surface area contributed by atoms with Gasteiger partial charge in [-0.25, -0.2) is 4.99 Å². The van der Waals surface area contributed by atoms with E-state index in [0.717, 1.165) is 15.6 Å². The first kappa shape index (κ1) is 23.7. The fourth-order valence-corrected chi connectivity index (χ4v) is 5.59. The minimum atomic E-state index is -0.618. The van der Waals surface area contributed by atoms with Crippen LogP contribution in [0.15, 0.2) is 95.3 Å². The molecular weight excluding hydrogens is 594 g/mol. The number of nitrogens with one attached hydrogen (secondary N) is 1. The topological polar surface area (TPSA) is 76.6 Å². The number of aryl methyl sites for hydroxylation is 1. The monoisotopic (exact) mass is 611 g/mol. The van der Waals surface area contributed by atoms with Crippen molar-refractivity contribution in [2.24, 2.45) is 4.99 Å². The molecule has 0 bridgehead atoms. The number of furan rings is 1. The van der Waals surface area contributed by atoms with Crippen molar-refractivity contribution in [3.63, 3.8) is 0 Å². The number of nitrogens with zero attached hydrogens (tertiary/aromatic N) is 2. The third-order valence-electron chi connectivity index (χ3n) is 5.63. The van der Waals surface area contributed by atoms with E-state index in [1.54, 1.807) is 23.6 Å². The number of thiazole rings is 1. The Balaban J connectivity index is 1.68. The molecule has 0 saturated carbocycles. The summed E-state index contributed by atoms with van der Waals surface area (Å²) in [6, 6.07) is 18.3. The minimum Gasteiger partial charge on any atom is -0.449 e. The van der Waals surface area contributed by atoms with Crippen LogP contribution in [0.25, 0.3) is 6.08 Å². The molecule has 3 heterocycles. The fraction of sp³-hybridized carbons (Fsp3) is 0.115. The summed E-state index contributed by atoms with van der Waals surface area (Å²) < 4.78 is 9.01. The molecule has 0 fully saturated rings. The number of aromatic nitrogens is 1. The first-order chi connectivity index (χ1) is 16.8. The molecule has 0 saturated heterocycles. The molecule has 35 heavy (non-hydrogen) atoms. The summed E-state index contributed by atoms with van der Waals surface area (Å²) in [6.45, 7) is 3.80. The van der Waals surface area contributed by atoms with Crippen molar-refractivity contribution in [1.82, 2.24) is 4.57 Å². The molecule has 1 aliphatic rings. The lowest BCUT2D eigenvalue weighted by Gasteiger charge is -2.25. The van der Waals surface area contributed by atoms with Gasteiger partial charge in [-0.1, -0.05) is 59.4 Å². The smallest absolute Gasteiger partial charge is 0.271 e. The predicted molar refractivity (Wildman–Crippen MR) is 144 cm³/mol. The number of benzene rings is 2. The Bertz CT molecular complexity index is 1630. The number of carbonyl (C=O) groups excluding carboxylic acids is 1. The van der Waals surface area contributed by atoms with Crippen LogP contribution in [0.4, 0.5) is 5.69 Å². The summed E-state index contributed by atoms with van der Waals surface area (Å²) in [5.41, 5.74) is 3.36. The summed E-state index contributed by atoms with van der Waals surface area (Å²) in [5.74, 6) is 0.231. The maximum Gasteiger partial charge on any atom is 0.271 e. The molecule has 0 spiro atoms. The number of fused-ring (bicyclic) bond motifs is 1. The lowest BCUT2D eigenvalue weighted by Crippen LogP contribution is -2.40. The molecule has 176 valence electrons. The number of hydrogen-bond donors (Lipinski definition) is 1. The van der Waals surface area contributed by atoms with Crippen LogP contribution in [0.5, 0.6) is 0 Å². The highest BCUT2D eigenvalue weighted by atomic mass is 79.9. The standard InChI is InChI=1S/C26H19Br2N3O3S/c1-14-8-10-16(11-9-14)22-21(24(32)30-17-6-4-3-5-7-17)15(2)29-26-31(22)25(33)20(35-26)13-18-12-19(27)23(28)34-18/h3-13,22H,1-2H3,(H,30,32)/b20-13+/t22-/m0/s1. The van der Waals surface area contributed by atoms with Gasteiger partial charge in [0.1, 0.15) is 5.76 Å². The maximum atomic E-state index is 13.7. The normalized spacial score (nSPS) is 15.7. The van der Waals surface area contributed by atoms with Gasteiger partial charge in [-0.15, -0.1) is 0 Å². The van der Waals surface area contributed by atoms with Gasteiger partial charge in [0, 0.05) is 11.8 Å². The predicted octanol–water partition coefficient (Wildman–Crippen LogP) is 5.30. The number of amides is 1. The molecular formula is C26H19Br2N3O3S. The van der Waals surface area contributed by atoms with E-state index in [0.29, 0.717) is 36.7 Å². The fourth-order valence-electron chi connectivity index (χ4n) is 3.96. The minimum absolute atomic E-state index is 0.236. The number of allylic oxidation sites excluding steroid dienone is 1. The van der Waals surface area contributed by atoms with Crippen molar-refractivity contribution in [2.75, 3.05) is 5.32 Å². The van der Waals surface area contributed by atoms with Crippen molar-refractivity contribution in [2.45, 2.75) is 19.9 Å². The van der Waals surface area contributed by atoms with E-state index in [1.165, 1.54) is 11.3 Å². The van der Waals surface area contributed by atoms with Crippen molar-refractivity contribution in [3.05, 3.63) is 118 Å². The highest BCUT2D eigenvalue weighted by Crippen LogP contribution is 2.31. The van der Waals surface area contributed by atoms with Gasteiger partial charge in [-0.2, -0.15) is 0 Å². The Hall–Kier alpha value is -3.01. The van der Waals surface area contributed by atoms with Gasteiger partial charge < -0.3 is 9.73 Å². The Morgan fingerprint density at radius 1 is 1.11 bits per heavy atom. The summed E-state index contributed by atoms with van der Waals surface area (Å²) in [7, 11) is 0. The lowest BCUT2D eigenvalue weighted by atomic mass is 9.94. The largest absolute Gasteiger partial charge is 0.449 e. The Labute approximate surface area is 221 Å². The molecule has 0 radical (unpaired) electrons. The van der Waals surface area contributed by atoms with Gasteiger partial charge in [0.15, 0.2) is 9.47 Å². The van der Waals surface area contributed by atoms with Crippen LogP contribution in [0.1, 0.15) is 29.9 Å². The Morgan fingerprint density at radius 2 is 1.83 bits per heavy atom. The SMILES string of the molecule is CC1=C(C(=O)Nc2ccccc2)[C@H](c2ccc(C)cc2)n2c(s/c(=C/c3cc(Br)c(Br)o3)c2=O)=N1. The molecule has 2 aromatic carbocycles. The van der Waals surface area contributed by atoms with E-state index in [1.807, 2.05) is 61.5 Å². The average Bonchev–Trinajstić information content (AvgIpc) is 3.31. The van der Waals surface area contributed by atoms with Crippen molar-refractivity contribution < 1.29 is 9.21 Å². The average molecular weight is 613 g/mol. The van der Waals surface area contributed by atoms with Crippen molar-refractivity contribution in [3.8, 4) is 0 Å². The van der Waals surface area contributed by atoms with Gasteiger partial charge in [0.05, 0.1) is 26.3 Å². The zero-order valence-electron chi connectivity index (χ0n) is 18.7. The van der Waals surface area contributed by atoms with E-state index in [9.17, 15) is 9.59 Å². The molecule has 1 atom stereocenters. The molecule has 1 aliphatic heterocycles. The summed E-state index contributed by atoms with van der Waals surface area (Å²) in [6.07, 6.45) is 1.69. The van der Waals surface area contributed by atoms with Crippen LogP contribution in [0, 0.1) is 6.92 Å². The van der Waals surface area contributed by atoms with E-state index in [-0.39, 0.29) is 11.5 Å². The third-order valence-corrected chi connectivity index (χ3v) is 8.32. The second-order valence-electron chi connectivity index (χ2n) is 8.08. The van der Waals surface area contributed by atoms with Gasteiger partial charge in [0.2, 0.25) is 0 Å². The summed E-state index contributed by atoms with van der Waals surface area (Å²) in [4.78, 5) is 32.4. The van der Waals surface area contributed by atoms with Crippen LogP contribution in [-0.4, -0.2) is 10.5 Å². The van der Waals surface area contributed by atoms with Crippen molar-refractivity contribution in [1.29, 1.82) is 0 Å². The van der Waals surface area contributed by atoms with Crippen LogP contribution < -0.4 is 20.2 Å². The Kier molecular flexibility index (Phi) is 6.48. The molecule has 1 N–H and O–H groups in total. The molecule has 4 aromatic rings. The van der Waals surface area contributed by atoms with Crippen molar-refractivity contribution >= 4 is 60.9 Å². The van der Waals surface area contributed by atoms with Crippen LogP contribution in [-0.2, 0) is 4.79 Å². The first-order valence-corrected chi connectivity index (χ1v) is 13.1. The van der Waals surface area contributed by atoms with Gasteiger partial charge >= 0.3 is 0 Å². The number of halogens is 2. The quantitative estimate of drug-likeness (QED) is 0.340. The zero-order valence-corrected chi connectivity index (χ0v) is 22.7. The number of hydrogen-bond acceptors (Lipinski definition) is 5. The van der Waals surface area contributed by atoms with Crippen LogP contribution >= 0.6 is 43.2 Å². The van der Waals surface area contributed by atoms with E-state index >= 15 is 0 Å². The summed E-state index contributed by atoms with van der Waals surface area (Å²) in [5, 5.41) is 2.96. The molecule has 0 aliphatic carbocycles. The molecule has 6 nitrogen and oxygen atoms in total. The highest BCUT2D eigenvalue weighted by Gasteiger charge is 2.32. The number of carbonyl (C=O) groups is 1. The van der Waals surface area contributed by atoms with Gasteiger partial charge in [-0.05, 0) is 69.5 Å². The molecule has 9 heteroatoms. The molecule has 2 aromatic heterocycles. The number of anilines is 1. The number of rotatable bonds is 4. The maximum absolute atomic E-state index is 13.7. The second kappa shape index (κ2) is 9.56. The molecule has 5 rings (SSSR count). The zero-order chi connectivity index (χ0) is 24.7. The Morgan fingerprint density at radius 3 is 2.49 bits per heavy atom. The van der Waals surface area contributed by atoms with Gasteiger partial charge in [-0.3, -0.25) is 14.2 Å². The van der Waals surface area contributed by atoms with E-state index in [4.69, 9.17) is 4.42 Å². The highest BCUT2D eigenvalue weighted by molar-refractivity contribution is 9.13. The van der Waals surface area contributed by atoms with E-state index in [2.05, 4.69) is 42.2 Å². The van der Waals surface area contributed by atoms with E-state index < -0.39 is 6.04 Å². The number of para-hydroxylation sites is 1. The summed E-state index contributed by atoms with van der Waals surface area (Å²) >= 11 is 7.99.